The molecule has 6 nitrogen and oxygen atoms in total. The van der Waals surface area contributed by atoms with Gasteiger partial charge in [0, 0.05) is 13.1 Å². The number of piperidine rings is 1. The summed E-state index contributed by atoms with van der Waals surface area (Å²) in [5, 5.41) is 5.77. The first-order chi connectivity index (χ1) is 13.1. The normalized spacial score (nSPS) is 15.0. The lowest BCUT2D eigenvalue weighted by molar-refractivity contribution is 0.0688. The van der Waals surface area contributed by atoms with Gasteiger partial charge in [-0.05, 0) is 63.0 Å². The first-order valence-corrected chi connectivity index (χ1v) is 9.15. The molecule has 7 heteroatoms. The van der Waals surface area contributed by atoms with E-state index in [0.29, 0.717) is 30.1 Å². The van der Waals surface area contributed by atoms with Crippen LogP contribution in [-0.4, -0.2) is 43.4 Å². The van der Waals surface area contributed by atoms with Crippen LogP contribution in [0.1, 0.15) is 40.0 Å². The molecule has 3 rings (SSSR count). The minimum atomic E-state index is -0.514. The van der Waals surface area contributed by atoms with E-state index in [1.165, 1.54) is 36.8 Å². The summed E-state index contributed by atoms with van der Waals surface area (Å²) in [5.74, 6) is -0.548. The van der Waals surface area contributed by atoms with E-state index in [-0.39, 0.29) is 11.6 Å². The van der Waals surface area contributed by atoms with Gasteiger partial charge in [-0.3, -0.25) is 9.59 Å². The Kier molecular flexibility index (Phi) is 6.24. The predicted octanol–water partition coefficient (Wildman–Crippen LogP) is 3.13. The Hall–Kier alpha value is -2.67. The van der Waals surface area contributed by atoms with Crippen LogP contribution in [0.4, 0.5) is 10.1 Å². The molecule has 0 saturated carbocycles. The van der Waals surface area contributed by atoms with Gasteiger partial charge < -0.3 is 20.0 Å². The fraction of sp³-hybridized carbons (Fsp3) is 0.400. The van der Waals surface area contributed by atoms with Gasteiger partial charge in [-0.25, -0.2) is 4.39 Å². The highest BCUT2D eigenvalue weighted by atomic mass is 19.1. The van der Waals surface area contributed by atoms with Crippen molar-refractivity contribution < 1.29 is 18.4 Å². The molecule has 2 N–H and O–H groups in total. The van der Waals surface area contributed by atoms with Crippen molar-refractivity contribution >= 4 is 17.5 Å². The quantitative estimate of drug-likeness (QED) is 0.816. The van der Waals surface area contributed by atoms with Gasteiger partial charge >= 0.3 is 0 Å². The highest BCUT2D eigenvalue weighted by Crippen LogP contribution is 2.25. The first-order valence-electron chi connectivity index (χ1n) is 9.15. The van der Waals surface area contributed by atoms with Gasteiger partial charge in [-0.15, -0.1) is 0 Å². The molecule has 2 heterocycles. The number of amides is 2. The van der Waals surface area contributed by atoms with E-state index in [1.54, 1.807) is 4.90 Å². The van der Waals surface area contributed by atoms with Gasteiger partial charge in [-0.1, -0.05) is 0 Å². The largest absolute Gasteiger partial charge is 0.472 e. The van der Waals surface area contributed by atoms with Crippen molar-refractivity contribution in [2.75, 3.05) is 32.0 Å². The second-order valence-corrected chi connectivity index (χ2v) is 6.78. The summed E-state index contributed by atoms with van der Waals surface area (Å²) in [6.45, 7) is 2.31. The summed E-state index contributed by atoms with van der Waals surface area (Å²) in [7, 11) is 1.94. The van der Waals surface area contributed by atoms with Crippen LogP contribution in [0.25, 0.3) is 0 Å². The Morgan fingerprint density at radius 3 is 2.70 bits per heavy atom. The number of anilines is 1. The van der Waals surface area contributed by atoms with Crippen molar-refractivity contribution in [3.63, 3.8) is 0 Å². The van der Waals surface area contributed by atoms with Crippen LogP contribution in [0.3, 0.4) is 0 Å². The van der Waals surface area contributed by atoms with Gasteiger partial charge in [0.05, 0.1) is 23.1 Å². The summed E-state index contributed by atoms with van der Waals surface area (Å²) in [5.41, 5.74) is 0.772. The van der Waals surface area contributed by atoms with E-state index in [4.69, 9.17) is 4.42 Å². The highest BCUT2D eigenvalue weighted by molar-refractivity contribution is 6.08. The van der Waals surface area contributed by atoms with Crippen LogP contribution in [0.15, 0.2) is 41.2 Å². The number of hydrogen-bond donors (Lipinski definition) is 2. The maximum absolute atomic E-state index is 13.7. The lowest BCUT2D eigenvalue weighted by Crippen LogP contribution is -2.39. The molecule has 0 aliphatic carbocycles. The summed E-state index contributed by atoms with van der Waals surface area (Å²) < 4.78 is 18.6. The zero-order valence-electron chi connectivity index (χ0n) is 15.3. The van der Waals surface area contributed by atoms with E-state index in [2.05, 4.69) is 10.6 Å². The number of rotatable bonds is 6. The molecule has 0 bridgehead atoms. The molecule has 1 aliphatic heterocycles. The molecule has 0 atom stereocenters. The molecule has 0 radical (unpaired) electrons. The Bertz CT molecular complexity index is 784. The third-order valence-electron chi connectivity index (χ3n) is 4.95. The second kappa shape index (κ2) is 8.81. The summed E-state index contributed by atoms with van der Waals surface area (Å²) in [6, 6.07) is 5.34. The number of carbonyl (C=O) groups is 2. The molecule has 1 aliphatic rings. The maximum Gasteiger partial charge on any atom is 0.258 e. The van der Waals surface area contributed by atoms with Crippen molar-refractivity contribution in [3.05, 3.63) is 53.7 Å². The van der Waals surface area contributed by atoms with Crippen molar-refractivity contribution in [2.45, 2.75) is 19.3 Å². The average molecular weight is 373 g/mol. The van der Waals surface area contributed by atoms with E-state index in [1.807, 2.05) is 7.05 Å². The Balaban J connectivity index is 1.70. The summed E-state index contributed by atoms with van der Waals surface area (Å²) >= 11 is 0. The molecule has 1 fully saturated rings. The molecular weight excluding hydrogens is 349 g/mol. The van der Waals surface area contributed by atoms with Gasteiger partial charge in [0.15, 0.2) is 0 Å². The number of nitrogens with zero attached hydrogens (tertiary/aromatic N) is 1. The van der Waals surface area contributed by atoms with Crippen molar-refractivity contribution in [1.82, 2.24) is 10.2 Å². The lowest BCUT2D eigenvalue weighted by Gasteiger charge is -2.32. The van der Waals surface area contributed by atoms with Crippen molar-refractivity contribution in [3.8, 4) is 0 Å². The summed E-state index contributed by atoms with van der Waals surface area (Å²) in [6.07, 6.45) is 5.68. The molecule has 2 amide bonds. The molecule has 0 unspecified atom stereocenters. The predicted molar refractivity (Wildman–Crippen MR) is 100 cm³/mol. The monoisotopic (exact) mass is 373 g/mol. The zero-order valence-corrected chi connectivity index (χ0v) is 15.3. The minimum Gasteiger partial charge on any atom is -0.472 e. The fourth-order valence-electron chi connectivity index (χ4n) is 3.34. The third kappa shape index (κ3) is 4.74. The van der Waals surface area contributed by atoms with E-state index in [0.717, 1.165) is 25.8 Å². The van der Waals surface area contributed by atoms with E-state index < -0.39 is 11.7 Å². The SMILES string of the molecule is CNCCC1CCN(C(=O)c2ccc(F)cc2NC(=O)c2ccoc2)CC1. The number of furan rings is 1. The number of halogens is 1. The Morgan fingerprint density at radius 1 is 1.26 bits per heavy atom. The van der Waals surface area contributed by atoms with Crippen LogP contribution in [0.2, 0.25) is 0 Å². The summed E-state index contributed by atoms with van der Waals surface area (Å²) in [4.78, 5) is 27.0. The number of carbonyl (C=O) groups excluding carboxylic acids is 2. The van der Waals surface area contributed by atoms with E-state index >= 15 is 0 Å². The average Bonchev–Trinajstić information content (AvgIpc) is 3.21. The number of benzene rings is 1. The number of hydrogen-bond acceptors (Lipinski definition) is 4. The molecule has 1 saturated heterocycles. The van der Waals surface area contributed by atoms with Crippen molar-refractivity contribution in [1.29, 1.82) is 0 Å². The van der Waals surface area contributed by atoms with Gasteiger partial charge in [-0.2, -0.15) is 0 Å². The van der Waals surface area contributed by atoms with Gasteiger partial charge in [0.1, 0.15) is 12.1 Å². The maximum atomic E-state index is 13.7. The molecule has 0 spiro atoms. The Labute approximate surface area is 157 Å². The Morgan fingerprint density at radius 2 is 2.04 bits per heavy atom. The molecule has 2 aromatic rings. The molecule has 27 heavy (non-hydrogen) atoms. The minimum absolute atomic E-state index is 0.170. The van der Waals surface area contributed by atoms with Crippen LogP contribution in [0.5, 0.6) is 0 Å². The molecule has 1 aromatic carbocycles. The number of likely N-dealkylation sites (tertiary alicyclic amines) is 1. The second-order valence-electron chi connectivity index (χ2n) is 6.78. The van der Waals surface area contributed by atoms with Crippen molar-refractivity contribution in [2.24, 2.45) is 5.92 Å². The lowest BCUT2D eigenvalue weighted by atomic mass is 9.93. The number of nitrogens with one attached hydrogen (secondary N) is 2. The van der Waals surface area contributed by atoms with Crippen LogP contribution in [0, 0.1) is 11.7 Å². The molecular formula is C20H24FN3O3. The molecule has 144 valence electrons. The van der Waals surface area contributed by atoms with Crippen LogP contribution >= 0.6 is 0 Å². The van der Waals surface area contributed by atoms with Gasteiger partial charge in [0.25, 0.3) is 11.8 Å². The van der Waals surface area contributed by atoms with E-state index in [9.17, 15) is 14.0 Å². The third-order valence-corrected chi connectivity index (χ3v) is 4.95. The molecule has 1 aromatic heterocycles. The highest BCUT2D eigenvalue weighted by Gasteiger charge is 2.25. The topological polar surface area (TPSA) is 74.6 Å². The zero-order chi connectivity index (χ0) is 19.2. The van der Waals surface area contributed by atoms with Crippen LogP contribution < -0.4 is 10.6 Å². The standard InChI is InChI=1S/C20H24FN3O3/c1-22-8-4-14-5-9-24(10-6-14)20(26)17-3-2-16(21)12-18(17)23-19(25)15-7-11-27-13-15/h2-3,7,11-14,22H,4-6,8-10H2,1H3,(H,23,25). The van der Waals surface area contributed by atoms with Gasteiger partial charge in [0.2, 0.25) is 0 Å². The smallest absolute Gasteiger partial charge is 0.258 e. The van der Waals surface area contributed by atoms with Crippen LogP contribution in [-0.2, 0) is 0 Å². The fourth-order valence-corrected chi connectivity index (χ4v) is 3.34. The first kappa shape index (κ1) is 19.1.